The lowest BCUT2D eigenvalue weighted by Gasteiger charge is -2.03. The number of hydrogen-bond acceptors (Lipinski definition) is 4. The largest absolute Gasteiger partial charge is 0.453 e. The SMILES string of the molecule is O=Cc1ccc(-c2ccc3cc(S(=O)(=O)O)ccc3c2)o1. The molecule has 2 aromatic carbocycles. The number of aldehydes is 1. The van der Waals surface area contributed by atoms with Gasteiger partial charge in [-0.1, -0.05) is 18.2 Å². The fourth-order valence-electron chi connectivity index (χ4n) is 2.11. The first-order valence-electron chi connectivity index (χ1n) is 6.04. The monoisotopic (exact) mass is 302 g/mol. The van der Waals surface area contributed by atoms with Gasteiger partial charge < -0.3 is 4.42 Å². The normalized spacial score (nSPS) is 11.7. The second kappa shape index (κ2) is 4.83. The van der Waals surface area contributed by atoms with Crippen LogP contribution in [0, 0.1) is 0 Å². The molecular weight excluding hydrogens is 292 g/mol. The van der Waals surface area contributed by atoms with Crippen molar-refractivity contribution in [3.63, 3.8) is 0 Å². The Morgan fingerprint density at radius 1 is 0.952 bits per heavy atom. The molecule has 0 spiro atoms. The third kappa shape index (κ3) is 2.58. The molecule has 106 valence electrons. The predicted octanol–water partition coefficient (Wildman–Crippen LogP) is 3.16. The lowest BCUT2D eigenvalue weighted by molar-refractivity contribution is 0.110. The van der Waals surface area contributed by atoms with Crippen molar-refractivity contribution in [2.24, 2.45) is 0 Å². The molecule has 0 unspecified atom stereocenters. The number of rotatable bonds is 3. The van der Waals surface area contributed by atoms with Gasteiger partial charge >= 0.3 is 0 Å². The van der Waals surface area contributed by atoms with Crippen LogP contribution in [0.25, 0.3) is 22.1 Å². The van der Waals surface area contributed by atoms with Crippen molar-refractivity contribution in [1.29, 1.82) is 0 Å². The van der Waals surface area contributed by atoms with Gasteiger partial charge in [0.15, 0.2) is 12.0 Å². The molecule has 0 aliphatic carbocycles. The Morgan fingerprint density at radius 3 is 2.33 bits per heavy atom. The van der Waals surface area contributed by atoms with Crippen LogP contribution in [0.15, 0.2) is 57.8 Å². The van der Waals surface area contributed by atoms with E-state index in [2.05, 4.69) is 0 Å². The molecule has 0 aliphatic rings. The zero-order chi connectivity index (χ0) is 15.0. The Hall–Kier alpha value is -2.44. The van der Waals surface area contributed by atoms with Crippen LogP contribution in [0.5, 0.6) is 0 Å². The maximum atomic E-state index is 11.1. The van der Waals surface area contributed by atoms with Gasteiger partial charge in [-0.05, 0) is 41.1 Å². The van der Waals surface area contributed by atoms with Gasteiger partial charge in [0.1, 0.15) is 5.76 Å². The van der Waals surface area contributed by atoms with Gasteiger partial charge in [0.05, 0.1) is 4.90 Å². The fraction of sp³-hybridized carbons (Fsp3) is 0. The van der Waals surface area contributed by atoms with Gasteiger partial charge in [-0.25, -0.2) is 0 Å². The van der Waals surface area contributed by atoms with Crippen LogP contribution in [-0.4, -0.2) is 19.3 Å². The van der Waals surface area contributed by atoms with Crippen molar-refractivity contribution >= 4 is 27.2 Å². The topological polar surface area (TPSA) is 84.6 Å². The van der Waals surface area contributed by atoms with Crippen LogP contribution >= 0.6 is 0 Å². The van der Waals surface area contributed by atoms with Crippen LogP contribution < -0.4 is 0 Å². The van der Waals surface area contributed by atoms with E-state index in [4.69, 9.17) is 8.97 Å². The summed E-state index contributed by atoms with van der Waals surface area (Å²) >= 11 is 0. The lowest BCUT2D eigenvalue weighted by atomic mass is 10.1. The number of carbonyl (C=O) groups is 1. The fourth-order valence-corrected chi connectivity index (χ4v) is 2.62. The molecule has 0 atom stereocenters. The second-order valence-corrected chi connectivity index (χ2v) is 5.94. The molecule has 1 N–H and O–H groups in total. The van der Waals surface area contributed by atoms with Gasteiger partial charge in [-0.15, -0.1) is 0 Å². The summed E-state index contributed by atoms with van der Waals surface area (Å²) in [5.74, 6) is 0.796. The summed E-state index contributed by atoms with van der Waals surface area (Å²) in [6.45, 7) is 0. The Kier molecular flexibility index (Phi) is 3.12. The molecule has 1 aromatic heterocycles. The average molecular weight is 302 g/mol. The van der Waals surface area contributed by atoms with Crippen molar-refractivity contribution in [3.05, 3.63) is 54.3 Å². The molecule has 0 saturated heterocycles. The highest BCUT2D eigenvalue weighted by atomic mass is 32.2. The molecule has 0 aliphatic heterocycles. The Labute approximate surface area is 120 Å². The van der Waals surface area contributed by atoms with E-state index in [1.54, 1.807) is 30.3 Å². The van der Waals surface area contributed by atoms with E-state index >= 15 is 0 Å². The Morgan fingerprint density at radius 2 is 1.67 bits per heavy atom. The van der Waals surface area contributed by atoms with Crippen molar-refractivity contribution in [2.75, 3.05) is 0 Å². The zero-order valence-corrected chi connectivity index (χ0v) is 11.5. The van der Waals surface area contributed by atoms with E-state index < -0.39 is 10.1 Å². The van der Waals surface area contributed by atoms with E-state index in [-0.39, 0.29) is 10.7 Å². The molecule has 21 heavy (non-hydrogen) atoms. The molecule has 3 aromatic rings. The summed E-state index contributed by atoms with van der Waals surface area (Å²) < 4.78 is 36.6. The molecule has 0 bridgehead atoms. The smallest absolute Gasteiger partial charge is 0.294 e. The minimum Gasteiger partial charge on any atom is -0.453 e. The Bertz CT molecular complexity index is 938. The number of furan rings is 1. The zero-order valence-electron chi connectivity index (χ0n) is 10.7. The number of fused-ring (bicyclic) bond motifs is 1. The molecule has 5 nitrogen and oxygen atoms in total. The van der Waals surface area contributed by atoms with E-state index in [1.807, 2.05) is 6.07 Å². The van der Waals surface area contributed by atoms with Crippen LogP contribution in [0.1, 0.15) is 10.6 Å². The number of hydrogen-bond donors (Lipinski definition) is 1. The first-order valence-corrected chi connectivity index (χ1v) is 7.48. The minimum absolute atomic E-state index is 0.149. The third-order valence-corrected chi connectivity index (χ3v) is 3.99. The lowest BCUT2D eigenvalue weighted by Crippen LogP contribution is -1.97. The van der Waals surface area contributed by atoms with Gasteiger partial charge in [-0.3, -0.25) is 9.35 Å². The average Bonchev–Trinajstić information content (AvgIpc) is 2.94. The first-order chi connectivity index (χ1) is 9.97. The first kappa shape index (κ1) is 13.5. The third-order valence-electron chi connectivity index (χ3n) is 3.14. The maximum Gasteiger partial charge on any atom is 0.294 e. The molecule has 6 heteroatoms. The van der Waals surface area contributed by atoms with Crippen molar-refractivity contribution in [2.45, 2.75) is 4.90 Å². The second-order valence-electron chi connectivity index (χ2n) is 4.52. The van der Waals surface area contributed by atoms with Crippen molar-refractivity contribution in [1.82, 2.24) is 0 Å². The Balaban J connectivity index is 2.11. The molecule has 0 amide bonds. The van der Waals surface area contributed by atoms with Crippen LogP contribution in [0.4, 0.5) is 0 Å². The summed E-state index contributed by atoms with van der Waals surface area (Å²) in [6.07, 6.45) is 0.628. The van der Waals surface area contributed by atoms with Gasteiger partial charge in [-0.2, -0.15) is 8.42 Å². The van der Waals surface area contributed by atoms with Gasteiger partial charge in [0, 0.05) is 5.56 Å². The highest BCUT2D eigenvalue weighted by molar-refractivity contribution is 7.85. The molecule has 0 fully saturated rings. The van der Waals surface area contributed by atoms with Gasteiger partial charge in [0.2, 0.25) is 0 Å². The highest BCUT2D eigenvalue weighted by Crippen LogP contribution is 2.27. The summed E-state index contributed by atoms with van der Waals surface area (Å²) in [6, 6.07) is 12.9. The number of benzene rings is 2. The van der Waals surface area contributed by atoms with E-state index in [0.29, 0.717) is 17.4 Å². The standard InChI is InChI=1S/C15H10O5S/c16-9-13-4-6-15(20-13)12-2-1-11-8-14(21(17,18)19)5-3-10(11)7-12/h1-9H,(H,17,18,19). The molecule has 3 rings (SSSR count). The molecule has 0 saturated carbocycles. The van der Waals surface area contributed by atoms with E-state index in [1.165, 1.54) is 12.1 Å². The minimum atomic E-state index is -4.21. The van der Waals surface area contributed by atoms with E-state index in [0.717, 1.165) is 10.9 Å². The molecular formula is C15H10O5S. The van der Waals surface area contributed by atoms with Gasteiger partial charge in [0.25, 0.3) is 10.1 Å². The van der Waals surface area contributed by atoms with Crippen molar-refractivity contribution in [3.8, 4) is 11.3 Å². The van der Waals surface area contributed by atoms with Crippen LogP contribution in [0.3, 0.4) is 0 Å². The molecule has 0 radical (unpaired) electrons. The summed E-state index contributed by atoms with van der Waals surface area (Å²) in [7, 11) is -4.21. The predicted molar refractivity (Wildman–Crippen MR) is 76.9 cm³/mol. The van der Waals surface area contributed by atoms with Crippen molar-refractivity contribution < 1.29 is 22.2 Å². The molecule has 1 heterocycles. The van der Waals surface area contributed by atoms with Crippen LogP contribution in [0.2, 0.25) is 0 Å². The highest BCUT2D eigenvalue weighted by Gasteiger charge is 2.11. The summed E-state index contributed by atoms with van der Waals surface area (Å²) in [4.78, 5) is 10.5. The quantitative estimate of drug-likeness (QED) is 0.593. The summed E-state index contributed by atoms with van der Waals surface area (Å²) in [5.41, 5.74) is 0.773. The number of carbonyl (C=O) groups excluding carboxylic acids is 1. The maximum absolute atomic E-state index is 11.1. The summed E-state index contributed by atoms with van der Waals surface area (Å²) in [5, 5.41) is 1.47. The van der Waals surface area contributed by atoms with Crippen LogP contribution in [-0.2, 0) is 10.1 Å². The van der Waals surface area contributed by atoms with E-state index in [9.17, 15) is 13.2 Å².